The number of rotatable bonds is 2. The zero-order valence-electron chi connectivity index (χ0n) is 13.8. The standard InChI is InChI=1S/C20H19N3O2/c24-20(25)22-13-11-17-18(12-14-22)21-23(16-9-5-2-6-10-16)19(17)15-7-3-1-4-8-15/h1-10H,11-14H2,(H,24,25). The topological polar surface area (TPSA) is 58.4 Å². The number of amides is 1. The van der Waals surface area contributed by atoms with Crippen molar-refractivity contribution in [2.24, 2.45) is 0 Å². The normalized spacial score (nSPS) is 14.0. The molecule has 0 saturated heterocycles. The minimum atomic E-state index is -0.859. The monoisotopic (exact) mass is 333 g/mol. The van der Waals surface area contributed by atoms with Crippen molar-refractivity contribution < 1.29 is 9.90 Å². The van der Waals surface area contributed by atoms with Gasteiger partial charge in [0.25, 0.3) is 0 Å². The Morgan fingerprint density at radius 1 is 0.920 bits per heavy atom. The number of carbonyl (C=O) groups is 1. The van der Waals surface area contributed by atoms with E-state index in [9.17, 15) is 9.90 Å². The first-order valence-electron chi connectivity index (χ1n) is 8.43. The number of hydrogen-bond acceptors (Lipinski definition) is 2. The molecule has 5 heteroatoms. The largest absolute Gasteiger partial charge is 0.465 e. The molecule has 0 bridgehead atoms. The van der Waals surface area contributed by atoms with E-state index >= 15 is 0 Å². The molecule has 2 aromatic carbocycles. The van der Waals surface area contributed by atoms with Crippen LogP contribution in [0, 0.1) is 0 Å². The molecule has 25 heavy (non-hydrogen) atoms. The van der Waals surface area contributed by atoms with E-state index < -0.39 is 6.09 Å². The van der Waals surface area contributed by atoms with Gasteiger partial charge in [0, 0.05) is 30.6 Å². The quantitative estimate of drug-likeness (QED) is 0.779. The Hall–Kier alpha value is -3.08. The number of hydrogen-bond donors (Lipinski definition) is 1. The maximum atomic E-state index is 11.3. The first-order valence-corrected chi connectivity index (χ1v) is 8.43. The van der Waals surface area contributed by atoms with E-state index in [1.165, 1.54) is 4.90 Å². The summed E-state index contributed by atoms with van der Waals surface area (Å²) < 4.78 is 2.00. The van der Waals surface area contributed by atoms with Crippen molar-refractivity contribution in [2.45, 2.75) is 12.8 Å². The van der Waals surface area contributed by atoms with Crippen molar-refractivity contribution in [3.8, 4) is 16.9 Å². The molecule has 1 amide bonds. The van der Waals surface area contributed by atoms with Crippen LogP contribution in [0.2, 0.25) is 0 Å². The third-order valence-electron chi connectivity index (χ3n) is 4.64. The Balaban J connectivity index is 1.85. The molecule has 0 unspecified atom stereocenters. The van der Waals surface area contributed by atoms with Crippen LogP contribution in [0.15, 0.2) is 60.7 Å². The molecule has 0 saturated carbocycles. The van der Waals surface area contributed by atoms with Crippen molar-refractivity contribution in [2.75, 3.05) is 13.1 Å². The van der Waals surface area contributed by atoms with E-state index in [-0.39, 0.29) is 0 Å². The van der Waals surface area contributed by atoms with Gasteiger partial charge in [0.05, 0.1) is 17.1 Å². The molecule has 1 aromatic heterocycles. The zero-order valence-corrected chi connectivity index (χ0v) is 13.8. The van der Waals surface area contributed by atoms with Gasteiger partial charge in [0.15, 0.2) is 0 Å². The first kappa shape index (κ1) is 15.4. The van der Waals surface area contributed by atoms with Crippen LogP contribution >= 0.6 is 0 Å². The summed E-state index contributed by atoms with van der Waals surface area (Å²) >= 11 is 0. The average Bonchev–Trinajstić information content (AvgIpc) is 2.88. The van der Waals surface area contributed by atoms with E-state index in [2.05, 4.69) is 12.1 Å². The SMILES string of the molecule is O=C(O)N1CCc2nn(-c3ccccc3)c(-c3ccccc3)c2CC1. The lowest BCUT2D eigenvalue weighted by Gasteiger charge is -2.16. The van der Waals surface area contributed by atoms with Crippen LogP contribution in [-0.2, 0) is 12.8 Å². The maximum Gasteiger partial charge on any atom is 0.407 e. The van der Waals surface area contributed by atoms with Crippen molar-refractivity contribution in [3.63, 3.8) is 0 Å². The van der Waals surface area contributed by atoms with Gasteiger partial charge in [-0.3, -0.25) is 0 Å². The summed E-state index contributed by atoms with van der Waals surface area (Å²) in [6.07, 6.45) is 0.461. The summed E-state index contributed by atoms with van der Waals surface area (Å²) in [5, 5.41) is 14.1. The Kier molecular flexibility index (Phi) is 3.98. The second kappa shape index (κ2) is 6.43. The van der Waals surface area contributed by atoms with Crippen LogP contribution in [0.5, 0.6) is 0 Å². The maximum absolute atomic E-state index is 11.3. The van der Waals surface area contributed by atoms with Crippen molar-refractivity contribution in [3.05, 3.63) is 71.9 Å². The van der Waals surface area contributed by atoms with Gasteiger partial charge >= 0.3 is 6.09 Å². The number of nitrogens with zero attached hydrogens (tertiary/aromatic N) is 3. The van der Waals surface area contributed by atoms with Gasteiger partial charge in [-0.2, -0.15) is 5.10 Å². The summed E-state index contributed by atoms with van der Waals surface area (Å²) in [4.78, 5) is 12.8. The van der Waals surface area contributed by atoms with E-state index in [0.717, 1.165) is 28.2 Å². The summed E-state index contributed by atoms with van der Waals surface area (Å²) in [6.45, 7) is 0.991. The predicted octanol–water partition coefficient (Wildman–Crippen LogP) is 3.62. The number of fused-ring (bicyclic) bond motifs is 1. The lowest BCUT2D eigenvalue weighted by atomic mass is 10.0. The average molecular weight is 333 g/mol. The van der Waals surface area contributed by atoms with Crippen molar-refractivity contribution in [1.29, 1.82) is 0 Å². The minimum absolute atomic E-state index is 0.488. The van der Waals surface area contributed by atoms with Crippen molar-refractivity contribution in [1.82, 2.24) is 14.7 Å². The lowest BCUT2D eigenvalue weighted by Crippen LogP contribution is -2.31. The third kappa shape index (κ3) is 2.89. The molecule has 0 atom stereocenters. The van der Waals surface area contributed by atoms with Crippen LogP contribution in [0.1, 0.15) is 11.3 Å². The smallest absolute Gasteiger partial charge is 0.407 e. The molecule has 1 aliphatic rings. The highest BCUT2D eigenvalue weighted by Crippen LogP contribution is 2.31. The summed E-state index contributed by atoms with van der Waals surface area (Å²) in [7, 11) is 0. The molecular formula is C20H19N3O2. The zero-order chi connectivity index (χ0) is 17.2. The molecule has 0 aliphatic carbocycles. The number of carboxylic acid groups (broad SMARTS) is 1. The molecule has 1 aliphatic heterocycles. The molecule has 5 nitrogen and oxygen atoms in total. The molecule has 4 rings (SSSR count). The summed E-state index contributed by atoms with van der Waals surface area (Å²) in [5.41, 5.74) is 5.33. The van der Waals surface area contributed by atoms with Gasteiger partial charge in [0.2, 0.25) is 0 Å². The number of aromatic nitrogens is 2. The second-order valence-corrected chi connectivity index (χ2v) is 6.16. The van der Waals surface area contributed by atoms with E-state index in [4.69, 9.17) is 5.10 Å². The van der Waals surface area contributed by atoms with Gasteiger partial charge in [-0.15, -0.1) is 0 Å². The highest BCUT2D eigenvalue weighted by Gasteiger charge is 2.25. The highest BCUT2D eigenvalue weighted by molar-refractivity contribution is 5.69. The Morgan fingerprint density at radius 2 is 1.56 bits per heavy atom. The Labute approximate surface area is 146 Å². The molecule has 0 spiro atoms. The predicted molar refractivity (Wildman–Crippen MR) is 96.0 cm³/mol. The fourth-order valence-corrected chi connectivity index (χ4v) is 3.40. The molecule has 126 valence electrons. The van der Waals surface area contributed by atoms with Gasteiger partial charge in [-0.25, -0.2) is 9.48 Å². The lowest BCUT2D eigenvalue weighted by molar-refractivity contribution is 0.147. The number of benzene rings is 2. The molecule has 0 fully saturated rings. The van der Waals surface area contributed by atoms with Gasteiger partial charge in [0.1, 0.15) is 0 Å². The molecule has 3 aromatic rings. The number of para-hydroxylation sites is 1. The third-order valence-corrected chi connectivity index (χ3v) is 4.64. The van der Waals surface area contributed by atoms with Crippen molar-refractivity contribution >= 4 is 6.09 Å². The van der Waals surface area contributed by atoms with E-state index in [1.54, 1.807) is 0 Å². The molecule has 0 radical (unpaired) electrons. The fourth-order valence-electron chi connectivity index (χ4n) is 3.40. The molecule has 2 heterocycles. The first-order chi connectivity index (χ1) is 12.2. The van der Waals surface area contributed by atoms with Crippen LogP contribution in [0.25, 0.3) is 16.9 Å². The Bertz CT molecular complexity index is 888. The summed E-state index contributed by atoms with van der Waals surface area (Å²) in [5.74, 6) is 0. The van der Waals surface area contributed by atoms with Crippen LogP contribution in [0.3, 0.4) is 0 Å². The molecule has 1 N–H and O–H groups in total. The highest BCUT2D eigenvalue weighted by atomic mass is 16.4. The second-order valence-electron chi connectivity index (χ2n) is 6.16. The summed E-state index contributed by atoms with van der Waals surface area (Å²) in [6, 6.07) is 20.3. The van der Waals surface area contributed by atoms with Gasteiger partial charge < -0.3 is 10.0 Å². The Morgan fingerprint density at radius 3 is 2.24 bits per heavy atom. The van der Waals surface area contributed by atoms with Gasteiger partial charge in [-0.1, -0.05) is 48.5 Å². The van der Waals surface area contributed by atoms with Crippen LogP contribution in [-0.4, -0.2) is 39.0 Å². The molecular weight excluding hydrogens is 314 g/mol. The van der Waals surface area contributed by atoms with Crippen LogP contribution < -0.4 is 0 Å². The fraction of sp³-hybridized carbons (Fsp3) is 0.200. The van der Waals surface area contributed by atoms with Crippen LogP contribution in [0.4, 0.5) is 4.79 Å². The minimum Gasteiger partial charge on any atom is -0.465 e. The van der Waals surface area contributed by atoms with E-state index in [1.807, 2.05) is 53.2 Å². The van der Waals surface area contributed by atoms with Gasteiger partial charge in [-0.05, 0) is 18.6 Å². The van der Waals surface area contributed by atoms with E-state index in [0.29, 0.717) is 25.9 Å².